The molecule has 104 valence electrons. The van der Waals surface area contributed by atoms with Crippen LogP contribution in [0.2, 0.25) is 0 Å². The zero-order valence-corrected chi connectivity index (χ0v) is 12.0. The fourth-order valence-corrected chi connectivity index (χ4v) is 2.73. The van der Waals surface area contributed by atoms with Crippen molar-refractivity contribution in [3.05, 3.63) is 71.2 Å². The van der Waals surface area contributed by atoms with Crippen LogP contribution in [0.5, 0.6) is 5.75 Å². The first-order chi connectivity index (χ1) is 10.3. The summed E-state index contributed by atoms with van der Waals surface area (Å²) in [7, 11) is 0. The van der Waals surface area contributed by atoms with Gasteiger partial charge in [-0.3, -0.25) is 4.79 Å². The Hall–Kier alpha value is -2.46. The van der Waals surface area contributed by atoms with Crippen LogP contribution in [-0.2, 0) is 6.61 Å². The van der Waals surface area contributed by atoms with Gasteiger partial charge in [0.05, 0.1) is 5.69 Å². The van der Waals surface area contributed by atoms with E-state index in [1.807, 2.05) is 41.8 Å². The van der Waals surface area contributed by atoms with Crippen LogP contribution >= 0.6 is 11.3 Å². The minimum absolute atomic E-state index is 0.394. The van der Waals surface area contributed by atoms with Gasteiger partial charge in [0.2, 0.25) is 0 Å². The summed E-state index contributed by atoms with van der Waals surface area (Å²) in [6, 6.07) is 17.2. The van der Waals surface area contributed by atoms with E-state index >= 15 is 0 Å². The number of benzene rings is 2. The van der Waals surface area contributed by atoms with Crippen molar-refractivity contribution in [2.24, 2.45) is 0 Å². The lowest BCUT2D eigenvalue weighted by molar-refractivity contribution is 0.112. The Balaban J connectivity index is 1.69. The van der Waals surface area contributed by atoms with Crippen molar-refractivity contribution in [2.75, 3.05) is 0 Å². The molecular formula is C17H13NO2S. The molecule has 0 N–H and O–H groups in total. The Morgan fingerprint density at radius 2 is 1.95 bits per heavy atom. The molecule has 0 amide bonds. The quantitative estimate of drug-likeness (QED) is 0.662. The van der Waals surface area contributed by atoms with E-state index in [1.165, 1.54) is 0 Å². The molecule has 0 aliphatic carbocycles. The lowest BCUT2D eigenvalue weighted by Crippen LogP contribution is -1.96. The first-order valence-corrected chi connectivity index (χ1v) is 7.41. The van der Waals surface area contributed by atoms with Gasteiger partial charge in [0.15, 0.2) is 0 Å². The number of nitrogens with zero attached hydrogens (tertiary/aromatic N) is 1. The fraction of sp³-hybridized carbons (Fsp3) is 0.0588. The SMILES string of the molecule is O=Cc1cccc(OCc2csc(-c3ccccc3)n2)c1. The molecule has 3 nitrogen and oxygen atoms in total. The Bertz CT molecular complexity index is 737. The molecule has 0 aliphatic rings. The molecule has 4 heteroatoms. The third-order valence-electron chi connectivity index (χ3n) is 2.95. The second kappa shape index (κ2) is 6.33. The van der Waals surface area contributed by atoms with Crippen molar-refractivity contribution in [2.45, 2.75) is 6.61 Å². The summed E-state index contributed by atoms with van der Waals surface area (Å²) >= 11 is 1.60. The van der Waals surface area contributed by atoms with Crippen molar-refractivity contribution >= 4 is 17.6 Å². The number of thiazole rings is 1. The summed E-state index contributed by atoms with van der Waals surface area (Å²) in [4.78, 5) is 15.3. The predicted octanol–water partition coefficient (Wildman–Crippen LogP) is 4.20. The van der Waals surface area contributed by atoms with E-state index < -0.39 is 0 Å². The second-order valence-electron chi connectivity index (χ2n) is 4.49. The largest absolute Gasteiger partial charge is 0.487 e. The minimum atomic E-state index is 0.394. The van der Waals surface area contributed by atoms with E-state index in [0.717, 1.165) is 22.6 Å². The summed E-state index contributed by atoms with van der Waals surface area (Å²) in [6.45, 7) is 0.394. The van der Waals surface area contributed by atoms with Crippen LogP contribution in [0, 0.1) is 0 Å². The molecule has 2 aromatic carbocycles. The zero-order chi connectivity index (χ0) is 14.5. The van der Waals surface area contributed by atoms with E-state index in [9.17, 15) is 4.79 Å². The topological polar surface area (TPSA) is 39.2 Å². The van der Waals surface area contributed by atoms with Gasteiger partial charge >= 0.3 is 0 Å². The van der Waals surface area contributed by atoms with Crippen LogP contribution in [-0.4, -0.2) is 11.3 Å². The molecule has 0 fully saturated rings. The lowest BCUT2D eigenvalue weighted by atomic mass is 10.2. The number of carbonyl (C=O) groups excluding carboxylic acids is 1. The Kier molecular flexibility index (Phi) is 4.07. The number of rotatable bonds is 5. The van der Waals surface area contributed by atoms with Crippen LogP contribution in [0.4, 0.5) is 0 Å². The number of hydrogen-bond acceptors (Lipinski definition) is 4. The summed E-state index contributed by atoms with van der Waals surface area (Å²) in [5.41, 5.74) is 2.60. The number of ether oxygens (including phenoxy) is 1. The highest BCUT2D eigenvalue weighted by molar-refractivity contribution is 7.13. The summed E-state index contributed by atoms with van der Waals surface area (Å²) in [5.74, 6) is 0.675. The van der Waals surface area contributed by atoms with Crippen LogP contribution in [0.3, 0.4) is 0 Å². The first kappa shape index (κ1) is 13.5. The van der Waals surface area contributed by atoms with Gasteiger partial charge in [-0.25, -0.2) is 4.98 Å². The number of aldehydes is 1. The maximum absolute atomic E-state index is 10.7. The normalized spacial score (nSPS) is 10.3. The number of carbonyl (C=O) groups is 1. The minimum Gasteiger partial charge on any atom is -0.487 e. The molecule has 0 aliphatic heterocycles. The van der Waals surface area contributed by atoms with Crippen LogP contribution in [0.15, 0.2) is 60.0 Å². The zero-order valence-electron chi connectivity index (χ0n) is 11.2. The van der Waals surface area contributed by atoms with E-state index in [4.69, 9.17) is 4.74 Å². The van der Waals surface area contributed by atoms with Gasteiger partial charge in [-0.1, -0.05) is 42.5 Å². The second-order valence-corrected chi connectivity index (χ2v) is 5.35. The van der Waals surface area contributed by atoms with Gasteiger partial charge in [0, 0.05) is 16.5 Å². The summed E-state index contributed by atoms with van der Waals surface area (Å²) < 4.78 is 5.67. The molecule has 1 heterocycles. The number of aromatic nitrogens is 1. The molecular weight excluding hydrogens is 282 g/mol. The van der Waals surface area contributed by atoms with E-state index in [0.29, 0.717) is 17.9 Å². The molecule has 21 heavy (non-hydrogen) atoms. The van der Waals surface area contributed by atoms with E-state index in [1.54, 1.807) is 29.5 Å². The molecule has 0 atom stereocenters. The third kappa shape index (κ3) is 3.35. The van der Waals surface area contributed by atoms with Gasteiger partial charge in [-0.2, -0.15) is 0 Å². The number of hydrogen-bond donors (Lipinski definition) is 0. The highest BCUT2D eigenvalue weighted by atomic mass is 32.1. The first-order valence-electron chi connectivity index (χ1n) is 6.53. The van der Waals surface area contributed by atoms with Crippen molar-refractivity contribution in [3.63, 3.8) is 0 Å². The molecule has 0 saturated carbocycles. The van der Waals surface area contributed by atoms with Gasteiger partial charge in [-0.05, 0) is 12.1 Å². The monoisotopic (exact) mass is 295 g/mol. The highest BCUT2D eigenvalue weighted by Gasteiger charge is 2.05. The average molecular weight is 295 g/mol. The molecule has 0 unspecified atom stereocenters. The summed E-state index contributed by atoms with van der Waals surface area (Å²) in [5, 5.41) is 2.97. The fourth-order valence-electron chi connectivity index (χ4n) is 1.92. The highest BCUT2D eigenvalue weighted by Crippen LogP contribution is 2.24. The van der Waals surface area contributed by atoms with E-state index in [2.05, 4.69) is 4.98 Å². The average Bonchev–Trinajstić information content (AvgIpc) is 3.03. The third-order valence-corrected chi connectivity index (χ3v) is 3.89. The standard InChI is InChI=1S/C17H13NO2S/c19-10-13-5-4-8-16(9-13)20-11-15-12-21-17(18-15)14-6-2-1-3-7-14/h1-10,12H,11H2. The molecule has 0 bridgehead atoms. The van der Waals surface area contributed by atoms with Crippen molar-refractivity contribution in [1.82, 2.24) is 4.98 Å². The molecule has 1 aromatic heterocycles. The van der Waals surface area contributed by atoms with Crippen LogP contribution in [0.25, 0.3) is 10.6 Å². The van der Waals surface area contributed by atoms with Crippen LogP contribution in [0.1, 0.15) is 16.1 Å². The Morgan fingerprint density at radius 3 is 2.76 bits per heavy atom. The molecule has 0 saturated heterocycles. The smallest absolute Gasteiger partial charge is 0.150 e. The van der Waals surface area contributed by atoms with Gasteiger partial charge in [-0.15, -0.1) is 11.3 Å². The van der Waals surface area contributed by atoms with Crippen molar-refractivity contribution < 1.29 is 9.53 Å². The Labute approximate surface area is 126 Å². The Morgan fingerprint density at radius 1 is 1.10 bits per heavy atom. The molecule has 0 radical (unpaired) electrons. The molecule has 3 aromatic rings. The van der Waals surface area contributed by atoms with Gasteiger partial charge in [0.25, 0.3) is 0 Å². The lowest BCUT2D eigenvalue weighted by Gasteiger charge is -2.04. The van der Waals surface area contributed by atoms with Gasteiger partial charge in [0.1, 0.15) is 23.7 Å². The van der Waals surface area contributed by atoms with Crippen molar-refractivity contribution in [1.29, 1.82) is 0 Å². The maximum Gasteiger partial charge on any atom is 0.150 e. The summed E-state index contributed by atoms with van der Waals surface area (Å²) in [6.07, 6.45) is 0.809. The molecule has 0 spiro atoms. The van der Waals surface area contributed by atoms with Crippen LogP contribution < -0.4 is 4.74 Å². The maximum atomic E-state index is 10.7. The van der Waals surface area contributed by atoms with Crippen molar-refractivity contribution in [3.8, 4) is 16.3 Å². The van der Waals surface area contributed by atoms with E-state index in [-0.39, 0.29) is 0 Å². The van der Waals surface area contributed by atoms with Gasteiger partial charge < -0.3 is 4.74 Å². The molecule has 3 rings (SSSR count). The predicted molar refractivity (Wildman–Crippen MR) is 83.7 cm³/mol.